The first-order valence-corrected chi connectivity index (χ1v) is 6.75. The van der Waals surface area contributed by atoms with Crippen molar-refractivity contribution in [2.75, 3.05) is 24.8 Å². The van der Waals surface area contributed by atoms with Gasteiger partial charge in [0.1, 0.15) is 5.75 Å². The van der Waals surface area contributed by atoms with Crippen LogP contribution in [0.25, 0.3) is 0 Å². The molecule has 112 valence electrons. The fourth-order valence-electron chi connectivity index (χ4n) is 1.84. The third-order valence-electron chi connectivity index (χ3n) is 2.83. The van der Waals surface area contributed by atoms with Crippen LogP contribution in [0.5, 0.6) is 11.5 Å². The Morgan fingerprint density at radius 2 is 2.00 bits per heavy atom. The monoisotopic (exact) mass is 310 g/mol. The minimum atomic E-state index is -0.492. The van der Waals surface area contributed by atoms with Crippen molar-refractivity contribution in [1.82, 2.24) is 0 Å². The largest absolute Gasteiger partial charge is 0.495 e. The normalized spacial score (nSPS) is 10.3. The number of nitrogen functional groups attached to an aromatic ring is 1. The number of ether oxygens (including phenoxy) is 2. The molecule has 21 heavy (non-hydrogen) atoms. The lowest BCUT2D eigenvalue weighted by Crippen LogP contribution is -2.01. The molecule has 6 heteroatoms. The zero-order chi connectivity index (χ0) is 15.4. The number of nitrogens with one attached hydrogen (secondary N) is 1. The van der Waals surface area contributed by atoms with Gasteiger partial charge in [0.15, 0.2) is 11.6 Å². The molecule has 0 unspecified atom stereocenters. The van der Waals surface area contributed by atoms with Crippen LogP contribution < -0.4 is 20.5 Å². The van der Waals surface area contributed by atoms with Crippen LogP contribution in [0.3, 0.4) is 0 Å². The van der Waals surface area contributed by atoms with E-state index in [1.165, 1.54) is 19.2 Å². The van der Waals surface area contributed by atoms with E-state index in [9.17, 15) is 4.39 Å². The highest BCUT2D eigenvalue weighted by atomic mass is 35.5. The van der Waals surface area contributed by atoms with Crippen LogP contribution in [0, 0.1) is 5.82 Å². The molecule has 0 spiro atoms. The molecule has 2 aromatic carbocycles. The first kappa shape index (κ1) is 15.3. The second-order valence-corrected chi connectivity index (χ2v) is 4.68. The number of rotatable bonds is 5. The predicted molar refractivity (Wildman–Crippen MR) is 83.3 cm³/mol. The van der Waals surface area contributed by atoms with Crippen molar-refractivity contribution in [3.05, 3.63) is 41.2 Å². The number of methoxy groups -OCH3 is 1. The van der Waals surface area contributed by atoms with E-state index in [0.29, 0.717) is 23.1 Å². The minimum Gasteiger partial charge on any atom is -0.495 e. The van der Waals surface area contributed by atoms with Gasteiger partial charge in [-0.1, -0.05) is 11.6 Å². The number of halogens is 2. The van der Waals surface area contributed by atoms with Gasteiger partial charge in [0.2, 0.25) is 0 Å². The van der Waals surface area contributed by atoms with Crippen LogP contribution in [-0.2, 0) is 0 Å². The van der Waals surface area contributed by atoms with E-state index in [1.807, 2.05) is 0 Å². The molecule has 2 rings (SSSR count). The molecule has 0 atom stereocenters. The predicted octanol–water partition coefficient (Wildman–Crippen LogP) is 4.21. The third-order valence-corrected chi connectivity index (χ3v) is 3.15. The summed E-state index contributed by atoms with van der Waals surface area (Å²) in [6, 6.07) is 7.95. The Hall–Kier alpha value is -2.14. The Labute approximate surface area is 127 Å². The summed E-state index contributed by atoms with van der Waals surface area (Å²) in [4.78, 5) is 0. The van der Waals surface area contributed by atoms with E-state index >= 15 is 0 Å². The van der Waals surface area contributed by atoms with E-state index in [4.69, 9.17) is 26.8 Å². The minimum absolute atomic E-state index is 0.148. The summed E-state index contributed by atoms with van der Waals surface area (Å²) in [5.74, 6) is 0.191. The first-order valence-electron chi connectivity index (χ1n) is 6.37. The van der Waals surface area contributed by atoms with Crippen molar-refractivity contribution < 1.29 is 13.9 Å². The second kappa shape index (κ2) is 6.54. The molecule has 3 N–H and O–H groups in total. The summed E-state index contributed by atoms with van der Waals surface area (Å²) >= 11 is 5.97. The maximum absolute atomic E-state index is 13.7. The van der Waals surface area contributed by atoms with Gasteiger partial charge in [0, 0.05) is 23.9 Å². The number of anilines is 3. The van der Waals surface area contributed by atoms with Gasteiger partial charge in [-0.2, -0.15) is 0 Å². The molecule has 0 radical (unpaired) electrons. The molecular formula is C15H16ClFN2O2. The summed E-state index contributed by atoms with van der Waals surface area (Å²) in [6.45, 7) is 2.15. The van der Waals surface area contributed by atoms with Crippen molar-refractivity contribution in [1.29, 1.82) is 0 Å². The molecule has 0 aromatic heterocycles. The maximum atomic E-state index is 13.7. The van der Waals surface area contributed by atoms with Gasteiger partial charge in [0.05, 0.1) is 30.1 Å². The van der Waals surface area contributed by atoms with Crippen LogP contribution in [0.4, 0.5) is 21.5 Å². The van der Waals surface area contributed by atoms with Gasteiger partial charge >= 0.3 is 0 Å². The third kappa shape index (κ3) is 3.49. The van der Waals surface area contributed by atoms with Gasteiger partial charge in [0.25, 0.3) is 0 Å². The molecule has 0 saturated heterocycles. The number of hydrogen-bond acceptors (Lipinski definition) is 4. The standard InChI is InChI=1S/C15H16ClFN2O2/c1-3-21-15-8-13(12(18)7-11(15)17)19-9-4-5-10(16)14(6-9)20-2/h4-8,19H,3,18H2,1-2H3. The number of benzene rings is 2. The first-order chi connectivity index (χ1) is 10.0. The molecule has 0 heterocycles. The van der Waals surface area contributed by atoms with E-state index in [0.717, 1.165) is 5.69 Å². The molecule has 0 aliphatic heterocycles. The Balaban J connectivity index is 2.32. The fourth-order valence-corrected chi connectivity index (χ4v) is 2.03. The molecule has 0 fully saturated rings. The van der Waals surface area contributed by atoms with Crippen molar-refractivity contribution >= 4 is 28.7 Å². The Morgan fingerprint density at radius 1 is 1.24 bits per heavy atom. The lowest BCUT2D eigenvalue weighted by atomic mass is 10.2. The quantitative estimate of drug-likeness (QED) is 0.812. The van der Waals surface area contributed by atoms with Crippen LogP contribution in [0.2, 0.25) is 5.02 Å². The molecule has 0 amide bonds. The smallest absolute Gasteiger partial charge is 0.167 e. The molecule has 4 nitrogen and oxygen atoms in total. The van der Waals surface area contributed by atoms with Crippen LogP contribution in [0.1, 0.15) is 6.92 Å². The second-order valence-electron chi connectivity index (χ2n) is 4.28. The Morgan fingerprint density at radius 3 is 2.67 bits per heavy atom. The molecule has 0 bridgehead atoms. The summed E-state index contributed by atoms with van der Waals surface area (Å²) in [6.07, 6.45) is 0. The van der Waals surface area contributed by atoms with Crippen molar-refractivity contribution in [3.8, 4) is 11.5 Å². The zero-order valence-electron chi connectivity index (χ0n) is 11.7. The van der Waals surface area contributed by atoms with E-state index in [1.54, 1.807) is 25.1 Å². The number of nitrogens with two attached hydrogens (primary N) is 1. The summed E-state index contributed by atoms with van der Waals surface area (Å²) in [7, 11) is 1.53. The lowest BCUT2D eigenvalue weighted by molar-refractivity contribution is 0.322. The SMILES string of the molecule is CCOc1cc(Nc2ccc(Cl)c(OC)c2)c(N)cc1F. The van der Waals surface area contributed by atoms with Gasteiger partial charge < -0.3 is 20.5 Å². The number of hydrogen-bond donors (Lipinski definition) is 2. The van der Waals surface area contributed by atoms with Crippen molar-refractivity contribution in [3.63, 3.8) is 0 Å². The highest BCUT2D eigenvalue weighted by Gasteiger charge is 2.10. The molecule has 2 aromatic rings. The average molecular weight is 311 g/mol. The van der Waals surface area contributed by atoms with Gasteiger partial charge in [-0.05, 0) is 19.1 Å². The topological polar surface area (TPSA) is 56.5 Å². The molecule has 0 aliphatic rings. The maximum Gasteiger partial charge on any atom is 0.167 e. The van der Waals surface area contributed by atoms with E-state index in [2.05, 4.69) is 5.32 Å². The fraction of sp³-hybridized carbons (Fsp3) is 0.200. The van der Waals surface area contributed by atoms with Crippen LogP contribution in [0.15, 0.2) is 30.3 Å². The zero-order valence-corrected chi connectivity index (χ0v) is 12.5. The average Bonchev–Trinajstić information content (AvgIpc) is 2.46. The van der Waals surface area contributed by atoms with Gasteiger partial charge in [-0.25, -0.2) is 4.39 Å². The molecule has 0 aliphatic carbocycles. The summed E-state index contributed by atoms with van der Waals surface area (Å²) in [5.41, 5.74) is 7.37. The highest BCUT2D eigenvalue weighted by molar-refractivity contribution is 6.32. The van der Waals surface area contributed by atoms with Crippen molar-refractivity contribution in [2.45, 2.75) is 6.92 Å². The van der Waals surface area contributed by atoms with E-state index in [-0.39, 0.29) is 11.4 Å². The van der Waals surface area contributed by atoms with Crippen LogP contribution >= 0.6 is 11.6 Å². The summed E-state index contributed by atoms with van der Waals surface area (Å²) < 4.78 is 24.0. The van der Waals surface area contributed by atoms with Gasteiger partial charge in [-0.3, -0.25) is 0 Å². The molecule has 0 saturated carbocycles. The van der Waals surface area contributed by atoms with Gasteiger partial charge in [-0.15, -0.1) is 0 Å². The van der Waals surface area contributed by atoms with Crippen molar-refractivity contribution in [2.24, 2.45) is 0 Å². The van der Waals surface area contributed by atoms with E-state index < -0.39 is 5.82 Å². The highest BCUT2D eigenvalue weighted by Crippen LogP contribution is 2.33. The summed E-state index contributed by atoms with van der Waals surface area (Å²) in [5, 5.41) is 3.59. The lowest BCUT2D eigenvalue weighted by Gasteiger charge is -2.13. The Bertz CT molecular complexity index is 650. The molecular weight excluding hydrogens is 295 g/mol. The Kier molecular flexibility index (Phi) is 4.75. The van der Waals surface area contributed by atoms with Crippen LogP contribution in [-0.4, -0.2) is 13.7 Å².